The molecule has 3 aromatic rings. The minimum absolute atomic E-state index is 0.00465. The first kappa shape index (κ1) is 23.2. The third kappa shape index (κ3) is 4.93. The van der Waals surface area contributed by atoms with E-state index in [0.29, 0.717) is 50.6 Å². The molecule has 0 atom stereocenters. The van der Waals surface area contributed by atoms with Crippen LogP contribution in [0.25, 0.3) is 10.2 Å². The zero-order valence-corrected chi connectivity index (χ0v) is 20.7. The maximum Gasteiger partial charge on any atom is 0.259 e. The van der Waals surface area contributed by atoms with Crippen LogP contribution in [0.1, 0.15) is 73.4 Å². The first-order chi connectivity index (χ1) is 16.5. The van der Waals surface area contributed by atoms with Crippen molar-refractivity contribution in [1.29, 1.82) is 0 Å². The summed E-state index contributed by atoms with van der Waals surface area (Å²) < 4.78 is 5.26. The summed E-state index contributed by atoms with van der Waals surface area (Å²) >= 11 is 1.69. The van der Waals surface area contributed by atoms with Gasteiger partial charge in [-0.15, -0.1) is 11.3 Å². The van der Waals surface area contributed by atoms with Gasteiger partial charge in [0.15, 0.2) is 5.82 Å². The Labute approximate surface area is 202 Å². The number of aromatic amines is 1. The van der Waals surface area contributed by atoms with E-state index in [4.69, 9.17) is 9.51 Å². The van der Waals surface area contributed by atoms with Crippen molar-refractivity contribution in [3.05, 3.63) is 38.3 Å². The van der Waals surface area contributed by atoms with Crippen molar-refractivity contribution in [3.63, 3.8) is 0 Å². The Kier molecular flexibility index (Phi) is 6.78. The van der Waals surface area contributed by atoms with E-state index in [-0.39, 0.29) is 17.4 Å². The van der Waals surface area contributed by atoms with Crippen LogP contribution in [0.4, 0.5) is 0 Å². The van der Waals surface area contributed by atoms with Crippen molar-refractivity contribution < 1.29 is 9.32 Å². The molecule has 182 valence electrons. The highest BCUT2D eigenvalue weighted by Crippen LogP contribution is 2.33. The summed E-state index contributed by atoms with van der Waals surface area (Å²) in [5, 5.41) is 4.78. The lowest BCUT2D eigenvalue weighted by molar-refractivity contribution is -0.133. The summed E-state index contributed by atoms with van der Waals surface area (Å²) in [7, 11) is 0. The number of hydrogen-bond donors (Lipinski definition) is 1. The number of thiophene rings is 1. The van der Waals surface area contributed by atoms with E-state index in [1.165, 1.54) is 16.9 Å². The predicted molar refractivity (Wildman–Crippen MR) is 130 cm³/mol. The highest BCUT2D eigenvalue weighted by molar-refractivity contribution is 7.18. The number of hydrogen-bond acceptors (Lipinski definition) is 8. The van der Waals surface area contributed by atoms with Crippen LogP contribution in [-0.4, -0.2) is 62.0 Å². The van der Waals surface area contributed by atoms with Gasteiger partial charge in [0.05, 0.1) is 11.9 Å². The molecule has 0 aromatic carbocycles. The minimum Gasteiger partial charge on any atom is -0.340 e. The molecule has 0 bridgehead atoms. The van der Waals surface area contributed by atoms with Gasteiger partial charge in [-0.05, 0) is 37.7 Å². The predicted octanol–water partition coefficient (Wildman–Crippen LogP) is 3.04. The standard InChI is InChI=1S/C24H32N6O3S/c1-15(2)22-27-19(33-28-22)8-5-9-20(31)30-12-10-29(11-13-30)14-18-25-23(32)21-16-6-3-4-7-17(16)34-24(21)26-18/h15H,3-14H2,1-2H3,(H,25,26,32). The van der Waals surface area contributed by atoms with E-state index in [0.717, 1.165) is 48.4 Å². The van der Waals surface area contributed by atoms with Gasteiger partial charge < -0.3 is 14.4 Å². The van der Waals surface area contributed by atoms with Crippen LogP contribution in [0, 0.1) is 0 Å². The molecule has 10 heteroatoms. The van der Waals surface area contributed by atoms with Crippen LogP contribution < -0.4 is 5.56 Å². The maximum absolute atomic E-state index is 12.8. The molecular weight excluding hydrogens is 452 g/mol. The zero-order valence-electron chi connectivity index (χ0n) is 19.9. The molecule has 1 N–H and O–H groups in total. The number of carbonyl (C=O) groups excluding carboxylic acids is 1. The number of amides is 1. The molecule has 1 saturated heterocycles. The van der Waals surface area contributed by atoms with Crippen LogP contribution >= 0.6 is 11.3 Å². The van der Waals surface area contributed by atoms with Gasteiger partial charge in [-0.1, -0.05) is 19.0 Å². The van der Waals surface area contributed by atoms with Gasteiger partial charge in [-0.2, -0.15) is 4.98 Å². The molecule has 1 amide bonds. The molecular formula is C24H32N6O3S. The van der Waals surface area contributed by atoms with Crippen molar-refractivity contribution in [3.8, 4) is 0 Å². The molecule has 0 saturated carbocycles. The Morgan fingerprint density at radius 1 is 1.15 bits per heavy atom. The largest absolute Gasteiger partial charge is 0.340 e. The number of nitrogens with one attached hydrogen (secondary N) is 1. The summed E-state index contributed by atoms with van der Waals surface area (Å²) in [6.45, 7) is 7.58. The number of nitrogens with zero attached hydrogens (tertiary/aromatic N) is 5. The highest BCUT2D eigenvalue weighted by atomic mass is 32.1. The van der Waals surface area contributed by atoms with Gasteiger partial charge >= 0.3 is 0 Å². The second-order valence-electron chi connectivity index (χ2n) is 9.62. The molecule has 4 heterocycles. The first-order valence-corrected chi connectivity index (χ1v) is 13.2. The van der Waals surface area contributed by atoms with Gasteiger partial charge in [0.1, 0.15) is 10.7 Å². The van der Waals surface area contributed by atoms with E-state index in [9.17, 15) is 9.59 Å². The fourth-order valence-electron chi connectivity index (χ4n) is 4.80. The fourth-order valence-corrected chi connectivity index (χ4v) is 6.08. The van der Waals surface area contributed by atoms with E-state index < -0.39 is 0 Å². The molecule has 3 aromatic heterocycles. The van der Waals surface area contributed by atoms with Crippen LogP contribution in [0.5, 0.6) is 0 Å². The number of carbonyl (C=O) groups is 1. The third-order valence-electron chi connectivity index (χ3n) is 6.75. The SMILES string of the molecule is CC(C)c1noc(CCCC(=O)N2CCN(Cc3nc4sc5c(c4c(=O)[nH]3)CCCC5)CC2)n1. The van der Waals surface area contributed by atoms with Gasteiger partial charge in [-0.3, -0.25) is 14.5 Å². The van der Waals surface area contributed by atoms with E-state index in [2.05, 4.69) is 20.0 Å². The quantitative estimate of drug-likeness (QED) is 0.549. The van der Waals surface area contributed by atoms with Crippen LogP contribution in [0.3, 0.4) is 0 Å². The molecule has 1 aliphatic carbocycles. The Balaban J connectivity index is 1.11. The molecule has 5 rings (SSSR count). The Hall–Kier alpha value is -2.59. The van der Waals surface area contributed by atoms with Gasteiger partial charge in [0.2, 0.25) is 11.8 Å². The van der Waals surface area contributed by atoms with Crippen molar-refractivity contribution in [2.75, 3.05) is 26.2 Å². The maximum atomic E-state index is 12.8. The van der Waals surface area contributed by atoms with Gasteiger partial charge in [-0.25, -0.2) is 4.98 Å². The lowest BCUT2D eigenvalue weighted by Gasteiger charge is -2.34. The number of rotatable bonds is 7. The summed E-state index contributed by atoms with van der Waals surface area (Å²) in [4.78, 5) is 44.0. The smallest absolute Gasteiger partial charge is 0.259 e. The molecule has 0 spiro atoms. The zero-order chi connectivity index (χ0) is 23.7. The second kappa shape index (κ2) is 9.95. The van der Waals surface area contributed by atoms with E-state index in [1.54, 1.807) is 11.3 Å². The van der Waals surface area contributed by atoms with Crippen LogP contribution in [-0.2, 0) is 30.6 Å². The fraction of sp³-hybridized carbons (Fsp3) is 0.625. The highest BCUT2D eigenvalue weighted by Gasteiger charge is 2.23. The van der Waals surface area contributed by atoms with Gasteiger partial charge in [0, 0.05) is 49.8 Å². The number of H-pyrrole nitrogens is 1. The monoisotopic (exact) mass is 484 g/mol. The van der Waals surface area contributed by atoms with Crippen molar-refractivity contribution in [2.24, 2.45) is 0 Å². The Morgan fingerprint density at radius 2 is 1.94 bits per heavy atom. The normalized spacial score (nSPS) is 17.0. The van der Waals surface area contributed by atoms with Crippen molar-refractivity contribution in [1.82, 2.24) is 29.9 Å². The molecule has 1 aliphatic heterocycles. The lowest BCUT2D eigenvalue weighted by Crippen LogP contribution is -2.48. The minimum atomic E-state index is -0.00465. The average molecular weight is 485 g/mol. The Morgan fingerprint density at radius 3 is 2.71 bits per heavy atom. The summed E-state index contributed by atoms with van der Waals surface area (Å²) in [5.41, 5.74) is 1.22. The lowest BCUT2D eigenvalue weighted by atomic mass is 9.97. The topological polar surface area (TPSA) is 108 Å². The van der Waals surface area contributed by atoms with Crippen LogP contribution in [0.2, 0.25) is 0 Å². The van der Waals surface area contributed by atoms with Crippen molar-refractivity contribution >= 4 is 27.5 Å². The van der Waals surface area contributed by atoms with E-state index in [1.807, 2.05) is 18.7 Å². The number of piperazine rings is 1. The third-order valence-corrected chi connectivity index (χ3v) is 7.94. The summed E-state index contributed by atoms with van der Waals surface area (Å²) in [5.74, 6) is 2.44. The van der Waals surface area contributed by atoms with Crippen molar-refractivity contribution in [2.45, 2.75) is 71.3 Å². The number of aromatic nitrogens is 4. The first-order valence-electron chi connectivity index (χ1n) is 12.3. The average Bonchev–Trinajstić information content (AvgIpc) is 3.44. The molecule has 2 aliphatic rings. The molecule has 0 unspecified atom stereocenters. The molecule has 9 nitrogen and oxygen atoms in total. The molecule has 1 fully saturated rings. The number of fused-ring (bicyclic) bond motifs is 3. The second-order valence-corrected chi connectivity index (χ2v) is 10.7. The van der Waals surface area contributed by atoms with Gasteiger partial charge in [0.25, 0.3) is 5.56 Å². The number of aryl methyl sites for hydroxylation is 3. The molecule has 0 radical (unpaired) electrons. The van der Waals surface area contributed by atoms with E-state index >= 15 is 0 Å². The molecule has 34 heavy (non-hydrogen) atoms. The summed E-state index contributed by atoms with van der Waals surface area (Å²) in [6.07, 6.45) is 6.21. The van der Waals surface area contributed by atoms with Crippen LogP contribution in [0.15, 0.2) is 9.32 Å². The Bertz CT molecular complexity index is 1220. The summed E-state index contributed by atoms with van der Waals surface area (Å²) in [6, 6.07) is 0.